The summed E-state index contributed by atoms with van der Waals surface area (Å²) in [5.74, 6) is -0.135. The molecule has 2 rings (SSSR count). The molecule has 18 heavy (non-hydrogen) atoms. The van der Waals surface area contributed by atoms with E-state index in [0.29, 0.717) is 10.9 Å². The molecule has 0 amide bonds. The lowest BCUT2D eigenvalue weighted by molar-refractivity contribution is -0.133. The fourth-order valence-corrected chi connectivity index (χ4v) is 2.60. The van der Waals surface area contributed by atoms with Crippen LogP contribution < -0.4 is 4.74 Å². The van der Waals surface area contributed by atoms with E-state index in [0.717, 1.165) is 17.6 Å². The number of imidazole rings is 1. The lowest BCUT2D eigenvalue weighted by atomic mass is 10.3. The maximum atomic E-state index is 10.6. The molecule has 0 aliphatic heterocycles. The number of aliphatic carboxylic acids is 1. The summed E-state index contributed by atoms with van der Waals surface area (Å²) in [7, 11) is 1.60. The van der Waals surface area contributed by atoms with Crippen molar-refractivity contribution in [3.05, 3.63) is 18.2 Å². The number of carboxylic acid groups (broad SMARTS) is 1. The van der Waals surface area contributed by atoms with E-state index in [2.05, 4.69) is 4.98 Å². The van der Waals surface area contributed by atoms with E-state index in [1.54, 1.807) is 7.11 Å². The Morgan fingerprint density at radius 1 is 1.56 bits per heavy atom. The van der Waals surface area contributed by atoms with E-state index < -0.39 is 5.97 Å². The molecule has 0 radical (unpaired) electrons. The van der Waals surface area contributed by atoms with E-state index in [1.165, 1.54) is 11.8 Å². The molecule has 1 heterocycles. The Bertz CT molecular complexity index is 580. The number of para-hydroxylation sites is 1. The van der Waals surface area contributed by atoms with Gasteiger partial charge in [0.1, 0.15) is 11.3 Å². The Kier molecular flexibility index (Phi) is 3.76. The number of hydrogen-bond acceptors (Lipinski definition) is 4. The molecule has 1 N–H and O–H groups in total. The first-order valence-corrected chi connectivity index (χ1v) is 6.53. The lowest BCUT2D eigenvalue weighted by Crippen LogP contribution is -2.01. The summed E-state index contributed by atoms with van der Waals surface area (Å²) >= 11 is 1.22. The van der Waals surface area contributed by atoms with Crippen LogP contribution in [0.5, 0.6) is 5.75 Å². The highest BCUT2D eigenvalue weighted by Crippen LogP contribution is 2.29. The van der Waals surface area contributed by atoms with Crippen molar-refractivity contribution in [1.82, 2.24) is 9.55 Å². The Balaban J connectivity index is 2.49. The molecule has 1 aromatic carbocycles. The highest BCUT2D eigenvalue weighted by atomic mass is 32.2. The maximum Gasteiger partial charge on any atom is 0.313 e. The second-order valence-corrected chi connectivity index (χ2v) is 4.59. The minimum atomic E-state index is -0.846. The van der Waals surface area contributed by atoms with Gasteiger partial charge < -0.3 is 14.4 Å². The van der Waals surface area contributed by atoms with E-state index in [1.807, 2.05) is 29.7 Å². The van der Waals surface area contributed by atoms with Crippen LogP contribution in [-0.2, 0) is 11.3 Å². The summed E-state index contributed by atoms with van der Waals surface area (Å²) in [6.07, 6.45) is 0. The van der Waals surface area contributed by atoms with Crippen molar-refractivity contribution in [3.63, 3.8) is 0 Å². The van der Waals surface area contributed by atoms with E-state index in [4.69, 9.17) is 9.84 Å². The Hall–Kier alpha value is -1.69. The molecular weight excluding hydrogens is 252 g/mol. The molecule has 0 bridgehead atoms. The maximum absolute atomic E-state index is 10.6. The summed E-state index contributed by atoms with van der Waals surface area (Å²) in [6, 6.07) is 5.71. The van der Waals surface area contributed by atoms with Gasteiger partial charge in [-0.05, 0) is 19.1 Å². The smallest absolute Gasteiger partial charge is 0.313 e. The van der Waals surface area contributed by atoms with Crippen molar-refractivity contribution in [2.45, 2.75) is 18.6 Å². The van der Waals surface area contributed by atoms with Crippen molar-refractivity contribution < 1.29 is 14.6 Å². The number of rotatable bonds is 5. The van der Waals surface area contributed by atoms with Gasteiger partial charge in [-0.3, -0.25) is 4.79 Å². The molecule has 0 fully saturated rings. The predicted octanol–water partition coefficient (Wildman–Crippen LogP) is 2.24. The van der Waals surface area contributed by atoms with Crippen molar-refractivity contribution in [2.24, 2.45) is 0 Å². The highest BCUT2D eigenvalue weighted by molar-refractivity contribution is 7.99. The van der Waals surface area contributed by atoms with Crippen LogP contribution in [0.25, 0.3) is 11.0 Å². The number of benzene rings is 1. The van der Waals surface area contributed by atoms with Gasteiger partial charge in [-0.15, -0.1) is 0 Å². The molecule has 0 aliphatic rings. The molecule has 1 aromatic heterocycles. The topological polar surface area (TPSA) is 64.4 Å². The van der Waals surface area contributed by atoms with Crippen LogP contribution in [0.4, 0.5) is 0 Å². The van der Waals surface area contributed by atoms with Crippen LogP contribution >= 0.6 is 11.8 Å². The third-order valence-corrected chi connectivity index (χ3v) is 3.53. The SMILES string of the molecule is CCn1c(SCC(=O)O)nc2c(OC)cccc21. The monoisotopic (exact) mass is 266 g/mol. The molecule has 5 nitrogen and oxygen atoms in total. The van der Waals surface area contributed by atoms with Gasteiger partial charge in [0.25, 0.3) is 0 Å². The fraction of sp³-hybridized carbons (Fsp3) is 0.333. The zero-order valence-electron chi connectivity index (χ0n) is 10.2. The van der Waals surface area contributed by atoms with Gasteiger partial charge in [0.15, 0.2) is 5.16 Å². The van der Waals surface area contributed by atoms with E-state index >= 15 is 0 Å². The largest absolute Gasteiger partial charge is 0.494 e. The van der Waals surface area contributed by atoms with Crippen molar-refractivity contribution in [2.75, 3.05) is 12.9 Å². The zero-order valence-corrected chi connectivity index (χ0v) is 11.0. The van der Waals surface area contributed by atoms with Gasteiger partial charge in [-0.2, -0.15) is 0 Å². The molecule has 6 heteroatoms. The van der Waals surface area contributed by atoms with Crippen LogP contribution in [-0.4, -0.2) is 33.5 Å². The molecule has 96 valence electrons. The number of aromatic nitrogens is 2. The first-order chi connectivity index (χ1) is 8.67. The minimum Gasteiger partial charge on any atom is -0.494 e. The van der Waals surface area contributed by atoms with Crippen LogP contribution in [0, 0.1) is 0 Å². The molecule has 2 aromatic rings. The van der Waals surface area contributed by atoms with Crippen molar-refractivity contribution >= 4 is 28.8 Å². The normalized spacial score (nSPS) is 10.8. The van der Waals surface area contributed by atoms with E-state index in [-0.39, 0.29) is 5.75 Å². The highest BCUT2D eigenvalue weighted by Gasteiger charge is 2.14. The number of nitrogens with zero attached hydrogens (tertiary/aromatic N) is 2. The van der Waals surface area contributed by atoms with Gasteiger partial charge in [-0.25, -0.2) is 4.98 Å². The Morgan fingerprint density at radius 3 is 2.94 bits per heavy atom. The van der Waals surface area contributed by atoms with Crippen molar-refractivity contribution in [1.29, 1.82) is 0 Å². The first kappa shape index (κ1) is 12.8. The molecule has 0 saturated heterocycles. The summed E-state index contributed by atoms with van der Waals surface area (Å²) in [4.78, 5) is 15.1. The molecule has 0 aliphatic carbocycles. The van der Waals surface area contributed by atoms with Gasteiger partial charge in [0.2, 0.25) is 0 Å². The molecule has 0 unspecified atom stereocenters. The number of fused-ring (bicyclic) bond motifs is 1. The number of thioether (sulfide) groups is 1. The molecule has 0 saturated carbocycles. The summed E-state index contributed by atoms with van der Waals surface area (Å²) in [6.45, 7) is 2.75. The lowest BCUT2D eigenvalue weighted by Gasteiger charge is -2.04. The van der Waals surface area contributed by atoms with Crippen LogP contribution in [0.15, 0.2) is 23.4 Å². The number of aryl methyl sites for hydroxylation is 1. The Morgan fingerprint density at radius 2 is 2.33 bits per heavy atom. The van der Waals surface area contributed by atoms with E-state index in [9.17, 15) is 4.79 Å². The minimum absolute atomic E-state index is 0.00559. The second-order valence-electron chi connectivity index (χ2n) is 3.65. The fourth-order valence-electron chi connectivity index (χ4n) is 1.81. The number of carbonyl (C=O) groups is 1. The van der Waals surface area contributed by atoms with Gasteiger partial charge in [0.05, 0.1) is 18.4 Å². The number of hydrogen-bond donors (Lipinski definition) is 1. The standard InChI is InChI=1S/C12H14N2O3S/c1-3-14-8-5-4-6-9(17-2)11(8)13-12(14)18-7-10(15)16/h4-6H,3,7H2,1-2H3,(H,15,16). The van der Waals surface area contributed by atoms with Gasteiger partial charge in [0, 0.05) is 6.54 Å². The summed E-state index contributed by atoms with van der Waals surface area (Å²) in [5.41, 5.74) is 1.74. The summed E-state index contributed by atoms with van der Waals surface area (Å²) < 4.78 is 7.26. The third-order valence-electron chi connectivity index (χ3n) is 2.57. The average molecular weight is 266 g/mol. The molecule has 0 spiro atoms. The second kappa shape index (κ2) is 5.30. The Labute approximate surface area is 109 Å². The predicted molar refractivity (Wildman–Crippen MR) is 70.3 cm³/mol. The third kappa shape index (κ3) is 2.28. The van der Waals surface area contributed by atoms with Gasteiger partial charge >= 0.3 is 5.97 Å². The zero-order chi connectivity index (χ0) is 13.1. The average Bonchev–Trinajstić information content (AvgIpc) is 2.73. The summed E-state index contributed by atoms with van der Waals surface area (Å²) in [5, 5.41) is 9.44. The number of carboxylic acids is 1. The van der Waals surface area contributed by atoms with Gasteiger partial charge in [-0.1, -0.05) is 17.8 Å². The first-order valence-electron chi connectivity index (χ1n) is 5.55. The van der Waals surface area contributed by atoms with Crippen LogP contribution in [0.1, 0.15) is 6.92 Å². The molecule has 0 atom stereocenters. The quantitative estimate of drug-likeness (QED) is 0.841. The van der Waals surface area contributed by atoms with Crippen LogP contribution in [0.3, 0.4) is 0 Å². The number of methoxy groups -OCH3 is 1. The number of ether oxygens (including phenoxy) is 1. The van der Waals surface area contributed by atoms with Crippen molar-refractivity contribution in [3.8, 4) is 5.75 Å². The van der Waals surface area contributed by atoms with Crippen LogP contribution in [0.2, 0.25) is 0 Å². The molecular formula is C12H14N2O3S.